The van der Waals surface area contributed by atoms with E-state index in [-0.39, 0.29) is 21.2 Å². The van der Waals surface area contributed by atoms with Crippen LogP contribution in [0.5, 0.6) is 0 Å². The normalized spacial score (nSPS) is 11.7. The maximum atomic E-state index is 2.48. The molecule has 0 saturated heterocycles. The molecule has 0 N–H and O–H groups in total. The predicted molar refractivity (Wildman–Crippen MR) is 97.3 cm³/mol. The summed E-state index contributed by atoms with van der Waals surface area (Å²) in [7, 11) is 0. The summed E-state index contributed by atoms with van der Waals surface area (Å²) in [6.07, 6.45) is 0. The van der Waals surface area contributed by atoms with Crippen molar-refractivity contribution in [3.63, 3.8) is 0 Å². The summed E-state index contributed by atoms with van der Waals surface area (Å²) < 4.78 is 3.18. The summed E-state index contributed by atoms with van der Waals surface area (Å²) >= 11 is -0.127. The van der Waals surface area contributed by atoms with E-state index in [0.717, 1.165) is 0 Å². The number of rotatable bonds is 5. The van der Waals surface area contributed by atoms with Crippen molar-refractivity contribution in [2.75, 3.05) is 0 Å². The lowest BCUT2D eigenvalue weighted by atomic mass is 9.90. The van der Waals surface area contributed by atoms with Crippen molar-refractivity contribution in [2.45, 2.75) is 66.2 Å². The lowest BCUT2D eigenvalue weighted by molar-refractivity contribution is -0.599. The molecule has 2 aromatic carbocycles. The lowest BCUT2D eigenvalue weighted by Gasteiger charge is -2.17. The zero-order valence-corrected chi connectivity index (χ0v) is 17.7. The van der Waals surface area contributed by atoms with Gasteiger partial charge in [0, 0.05) is 11.1 Å². The molecule has 0 nitrogen and oxygen atoms in total. The fourth-order valence-electron chi connectivity index (χ4n) is 2.68. The number of benzene rings is 2. The minimum absolute atomic E-state index is 0.127. The Morgan fingerprint density at radius 1 is 0.696 bits per heavy atom. The molecular weight excluding hydrogens is 391 g/mol. The molecule has 0 aromatic heterocycles. The molecule has 0 heterocycles. The van der Waals surface area contributed by atoms with Crippen LogP contribution in [0.15, 0.2) is 36.4 Å². The highest BCUT2D eigenvalue weighted by atomic mass is 127. The van der Waals surface area contributed by atoms with Gasteiger partial charge >= 0.3 is 21.2 Å². The highest BCUT2D eigenvalue weighted by Crippen LogP contribution is 2.27. The molecule has 0 atom stereocenters. The van der Waals surface area contributed by atoms with Gasteiger partial charge in [0.2, 0.25) is 3.57 Å². The molecule has 23 heavy (non-hydrogen) atoms. The van der Waals surface area contributed by atoms with Crippen LogP contribution in [0.25, 0.3) is 0 Å². The highest BCUT2D eigenvalue weighted by molar-refractivity contribution is 5.34. The quantitative estimate of drug-likeness (QED) is 0.649. The summed E-state index contributed by atoms with van der Waals surface area (Å²) in [5.74, 6) is 1.77. The van der Waals surface area contributed by atoms with Crippen molar-refractivity contribution in [1.29, 1.82) is 0 Å². The first-order valence-electron chi connectivity index (χ1n) is 8.68. The van der Waals surface area contributed by atoms with Crippen molar-refractivity contribution >= 4 is 0 Å². The van der Waals surface area contributed by atoms with E-state index in [4.69, 9.17) is 0 Å². The zero-order valence-electron chi connectivity index (χ0n) is 15.6. The van der Waals surface area contributed by atoms with Gasteiger partial charge in [-0.2, -0.15) is 0 Å². The van der Waals surface area contributed by atoms with Crippen molar-refractivity contribution in [1.82, 2.24) is 0 Å². The molecule has 0 aliphatic heterocycles. The summed E-state index contributed by atoms with van der Waals surface area (Å²) in [5, 5.41) is 0. The first kappa shape index (κ1) is 18.5. The largest absolute Gasteiger partial charge is 0.358 e. The van der Waals surface area contributed by atoms with Gasteiger partial charge in [-0.05, 0) is 42.4 Å². The third kappa shape index (κ3) is 4.59. The average molecular weight is 421 g/mol. The second-order valence-electron chi connectivity index (χ2n) is 7.37. The first-order valence-corrected chi connectivity index (χ1v) is 10.8. The van der Waals surface area contributed by atoms with E-state index in [9.17, 15) is 0 Å². The van der Waals surface area contributed by atoms with Crippen molar-refractivity contribution in [2.24, 2.45) is 0 Å². The minimum atomic E-state index is -0.127. The number of hydrogen-bond acceptors (Lipinski definition) is 0. The van der Waals surface area contributed by atoms with Gasteiger partial charge in [0.05, 0.1) is 0 Å². The van der Waals surface area contributed by atoms with Gasteiger partial charge in [0.15, 0.2) is 3.57 Å². The molecule has 0 spiro atoms. The predicted octanol–water partition coefficient (Wildman–Crippen LogP) is 3.49. The molecule has 0 unspecified atom stereocenters. The molecule has 0 fully saturated rings. The summed E-state index contributed by atoms with van der Waals surface area (Å²) in [6, 6.07) is 14.1. The van der Waals surface area contributed by atoms with Crippen molar-refractivity contribution < 1.29 is 21.2 Å². The number of hydrogen-bond donors (Lipinski definition) is 0. The maximum absolute atomic E-state index is 2.48. The maximum Gasteiger partial charge on any atom is 0.358 e. The van der Waals surface area contributed by atoms with Gasteiger partial charge in [-0.25, -0.2) is 0 Å². The SMILES string of the molecule is Cc1ccc([I+]c2c(C(C)C)cc(C(C)C)cc2C(C)C)cc1. The Labute approximate surface area is 153 Å². The van der Waals surface area contributed by atoms with E-state index >= 15 is 0 Å². The van der Waals surface area contributed by atoms with E-state index < -0.39 is 0 Å². The fraction of sp³-hybridized carbons (Fsp3) is 0.455. The van der Waals surface area contributed by atoms with Crippen LogP contribution in [0.4, 0.5) is 0 Å². The van der Waals surface area contributed by atoms with E-state index in [1.165, 1.54) is 14.7 Å². The molecule has 1 heteroatoms. The number of aryl methyl sites for hydroxylation is 1. The fourth-order valence-corrected chi connectivity index (χ4v) is 6.20. The van der Waals surface area contributed by atoms with Gasteiger partial charge < -0.3 is 0 Å². The third-order valence-electron chi connectivity index (χ3n) is 4.28. The van der Waals surface area contributed by atoms with Crippen LogP contribution >= 0.6 is 0 Å². The molecule has 0 bridgehead atoms. The highest BCUT2D eigenvalue weighted by Gasteiger charge is 2.28. The Balaban J connectivity index is 2.56. The Morgan fingerprint density at radius 3 is 1.57 bits per heavy atom. The molecule has 0 saturated carbocycles. The van der Waals surface area contributed by atoms with Crippen LogP contribution in [0.1, 0.15) is 81.5 Å². The van der Waals surface area contributed by atoms with Gasteiger partial charge in [0.25, 0.3) is 0 Å². The monoisotopic (exact) mass is 421 g/mol. The summed E-state index contributed by atoms with van der Waals surface area (Å²) in [6.45, 7) is 16.1. The Hall–Kier alpha value is -0.830. The molecular formula is C22H30I+. The molecule has 0 aliphatic carbocycles. The van der Waals surface area contributed by atoms with Crippen LogP contribution in [-0.4, -0.2) is 0 Å². The van der Waals surface area contributed by atoms with E-state index in [0.29, 0.717) is 17.8 Å². The lowest BCUT2D eigenvalue weighted by Crippen LogP contribution is -3.62. The zero-order chi connectivity index (χ0) is 17.1. The molecule has 2 aromatic rings. The Kier molecular flexibility index (Phi) is 6.30. The minimum Gasteiger partial charge on any atom is -0.0587 e. The van der Waals surface area contributed by atoms with Gasteiger partial charge in [-0.1, -0.05) is 71.4 Å². The summed E-state index contributed by atoms with van der Waals surface area (Å²) in [5.41, 5.74) is 6.00. The molecule has 2 rings (SSSR count). The standard InChI is InChI=1S/C22H30I/c1-14(2)18-12-20(15(3)4)22(21(13-18)16(5)6)23-19-10-8-17(7)9-11-19/h8-16H,1-7H3/q+1. The summed E-state index contributed by atoms with van der Waals surface area (Å²) in [4.78, 5) is 0. The first-order chi connectivity index (χ1) is 10.8. The molecule has 124 valence electrons. The van der Waals surface area contributed by atoms with Crippen molar-refractivity contribution in [3.8, 4) is 0 Å². The Morgan fingerprint density at radius 2 is 1.17 bits per heavy atom. The third-order valence-corrected chi connectivity index (χ3v) is 7.40. The Bertz CT molecular complexity index is 619. The topological polar surface area (TPSA) is 0 Å². The van der Waals surface area contributed by atoms with Gasteiger partial charge in [-0.3, -0.25) is 0 Å². The van der Waals surface area contributed by atoms with Gasteiger partial charge in [-0.15, -0.1) is 0 Å². The van der Waals surface area contributed by atoms with E-state index in [2.05, 4.69) is 84.9 Å². The van der Waals surface area contributed by atoms with Crippen LogP contribution in [0, 0.1) is 14.1 Å². The smallest absolute Gasteiger partial charge is 0.0587 e. The second-order valence-corrected chi connectivity index (χ2v) is 10.2. The van der Waals surface area contributed by atoms with Crippen LogP contribution in [-0.2, 0) is 0 Å². The number of halogens is 1. The molecule has 0 amide bonds. The van der Waals surface area contributed by atoms with Crippen molar-refractivity contribution in [3.05, 3.63) is 65.8 Å². The van der Waals surface area contributed by atoms with E-state index in [1.54, 1.807) is 14.7 Å². The van der Waals surface area contributed by atoms with Crippen LogP contribution in [0.3, 0.4) is 0 Å². The van der Waals surface area contributed by atoms with Crippen LogP contribution in [0.2, 0.25) is 0 Å². The van der Waals surface area contributed by atoms with Gasteiger partial charge in [0.1, 0.15) is 0 Å². The average Bonchev–Trinajstić information content (AvgIpc) is 2.48. The second kappa shape index (κ2) is 7.83. The van der Waals surface area contributed by atoms with Crippen LogP contribution < -0.4 is 21.2 Å². The molecule has 0 radical (unpaired) electrons. The van der Waals surface area contributed by atoms with E-state index in [1.807, 2.05) is 0 Å². The molecule has 0 aliphatic rings.